The number of H-pyrrole nitrogens is 1. The van der Waals surface area contributed by atoms with Gasteiger partial charge in [-0.3, -0.25) is 0 Å². The van der Waals surface area contributed by atoms with Gasteiger partial charge in [0.1, 0.15) is 5.82 Å². The molecule has 1 fully saturated rings. The molecule has 4 nitrogen and oxygen atoms in total. The summed E-state index contributed by atoms with van der Waals surface area (Å²) in [5.41, 5.74) is 0. The zero-order valence-electron chi connectivity index (χ0n) is 8.24. The maximum absolute atomic E-state index is 9.70. The Morgan fingerprint density at radius 3 is 3.07 bits per heavy atom. The number of nitrogens with one attached hydrogen (secondary N) is 2. The molecule has 2 atom stereocenters. The fourth-order valence-electron chi connectivity index (χ4n) is 1.97. The molecule has 0 saturated heterocycles. The Kier molecular flexibility index (Phi) is 3.16. The van der Waals surface area contributed by atoms with Crippen LogP contribution in [0.3, 0.4) is 0 Å². The van der Waals surface area contributed by atoms with Crippen molar-refractivity contribution in [2.75, 3.05) is 0 Å². The van der Waals surface area contributed by atoms with Crippen LogP contribution in [0.5, 0.6) is 0 Å². The van der Waals surface area contributed by atoms with Crippen molar-refractivity contribution in [1.29, 1.82) is 0 Å². The van der Waals surface area contributed by atoms with Crippen LogP contribution in [0.15, 0.2) is 12.4 Å². The molecule has 78 valence electrons. The summed E-state index contributed by atoms with van der Waals surface area (Å²) in [6.07, 6.45) is 7.74. The molecule has 0 aliphatic heterocycles. The van der Waals surface area contributed by atoms with Gasteiger partial charge in [0.2, 0.25) is 0 Å². The summed E-state index contributed by atoms with van der Waals surface area (Å²) >= 11 is 0. The minimum absolute atomic E-state index is 0.182. The van der Waals surface area contributed by atoms with E-state index in [1.54, 1.807) is 6.20 Å². The van der Waals surface area contributed by atoms with E-state index < -0.39 is 0 Å². The smallest absolute Gasteiger partial charge is 0.120 e. The van der Waals surface area contributed by atoms with Gasteiger partial charge in [0.15, 0.2) is 0 Å². The topological polar surface area (TPSA) is 60.9 Å². The van der Waals surface area contributed by atoms with E-state index in [2.05, 4.69) is 15.3 Å². The molecule has 2 unspecified atom stereocenters. The molecule has 0 aromatic carbocycles. The molecule has 1 aliphatic carbocycles. The highest BCUT2D eigenvalue weighted by molar-refractivity contribution is 4.88. The molecule has 0 amide bonds. The number of hydrogen-bond donors (Lipinski definition) is 3. The van der Waals surface area contributed by atoms with Gasteiger partial charge in [-0.1, -0.05) is 12.8 Å². The van der Waals surface area contributed by atoms with E-state index in [9.17, 15) is 5.11 Å². The highest BCUT2D eigenvalue weighted by atomic mass is 16.3. The number of hydrogen-bond acceptors (Lipinski definition) is 3. The van der Waals surface area contributed by atoms with Gasteiger partial charge in [0, 0.05) is 18.4 Å². The zero-order valence-corrected chi connectivity index (χ0v) is 8.24. The van der Waals surface area contributed by atoms with Crippen molar-refractivity contribution in [3.8, 4) is 0 Å². The van der Waals surface area contributed by atoms with E-state index in [-0.39, 0.29) is 12.1 Å². The molecule has 14 heavy (non-hydrogen) atoms. The predicted molar refractivity (Wildman–Crippen MR) is 53.7 cm³/mol. The van der Waals surface area contributed by atoms with Crippen LogP contribution >= 0.6 is 0 Å². The Bertz CT molecular complexity index is 260. The van der Waals surface area contributed by atoms with Crippen LogP contribution in [0.2, 0.25) is 0 Å². The van der Waals surface area contributed by atoms with Gasteiger partial charge in [0.25, 0.3) is 0 Å². The Labute approximate surface area is 83.8 Å². The summed E-state index contributed by atoms with van der Waals surface area (Å²) in [5, 5.41) is 13.0. The average Bonchev–Trinajstić information content (AvgIpc) is 2.69. The Hall–Kier alpha value is -0.870. The van der Waals surface area contributed by atoms with E-state index in [1.165, 1.54) is 6.42 Å². The summed E-state index contributed by atoms with van der Waals surface area (Å²) in [5.74, 6) is 0.933. The fraction of sp³-hybridized carbons (Fsp3) is 0.700. The quantitative estimate of drug-likeness (QED) is 0.668. The lowest BCUT2D eigenvalue weighted by Crippen LogP contribution is -2.41. The van der Waals surface area contributed by atoms with Crippen molar-refractivity contribution in [2.45, 2.75) is 44.4 Å². The first kappa shape index (κ1) is 9.68. The van der Waals surface area contributed by atoms with E-state index in [4.69, 9.17) is 0 Å². The second-order valence-corrected chi connectivity index (χ2v) is 3.88. The van der Waals surface area contributed by atoms with Crippen LogP contribution in [-0.2, 0) is 6.54 Å². The molecule has 0 radical (unpaired) electrons. The van der Waals surface area contributed by atoms with Crippen LogP contribution in [0.4, 0.5) is 0 Å². The summed E-state index contributed by atoms with van der Waals surface area (Å²) in [7, 11) is 0. The molecule has 0 bridgehead atoms. The molecule has 4 heteroatoms. The number of aliphatic hydroxyl groups is 1. The van der Waals surface area contributed by atoms with Crippen LogP contribution in [0, 0.1) is 0 Å². The molecule has 0 spiro atoms. The van der Waals surface area contributed by atoms with Crippen LogP contribution in [0.1, 0.15) is 31.5 Å². The number of aromatic nitrogens is 2. The summed E-state index contributed by atoms with van der Waals surface area (Å²) in [6.45, 7) is 0.717. The van der Waals surface area contributed by atoms with Crippen LogP contribution in [0.25, 0.3) is 0 Å². The molecular weight excluding hydrogens is 178 g/mol. The predicted octanol–water partition coefficient (Wildman–Crippen LogP) is 0.803. The van der Waals surface area contributed by atoms with Crippen molar-refractivity contribution in [3.63, 3.8) is 0 Å². The largest absolute Gasteiger partial charge is 0.392 e. The zero-order chi connectivity index (χ0) is 9.80. The molecule has 2 rings (SSSR count). The Balaban J connectivity index is 1.79. The first-order valence-electron chi connectivity index (χ1n) is 5.26. The van der Waals surface area contributed by atoms with E-state index in [1.807, 2.05) is 6.20 Å². The van der Waals surface area contributed by atoms with Crippen LogP contribution < -0.4 is 5.32 Å². The van der Waals surface area contributed by atoms with Crippen LogP contribution in [-0.4, -0.2) is 27.2 Å². The van der Waals surface area contributed by atoms with Gasteiger partial charge in [-0.2, -0.15) is 0 Å². The maximum Gasteiger partial charge on any atom is 0.120 e. The number of nitrogens with zero attached hydrogens (tertiary/aromatic N) is 1. The summed E-state index contributed by atoms with van der Waals surface area (Å²) in [6, 6.07) is 0.244. The number of imidazole rings is 1. The minimum Gasteiger partial charge on any atom is -0.392 e. The molecular formula is C10H17N3O. The van der Waals surface area contributed by atoms with Crippen molar-refractivity contribution in [2.24, 2.45) is 0 Å². The van der Waals surface area contributed by atoms with Gasteiger partial charge in [0.05, 0.1) is 12.6 Å². The lowest BCUT2D eigenvalue weighted by Gasteiger charge is -2.28. The minimum atomic E-state index is -0.182. The molecule has 1 saturated carbocycles. The fourth-order valence-corrected chi connectivity index (χ4v) is 1.97. The summed E-state index contributed by atoms with van der Waals surface area (Å²) in [4.78, 5) is 7.16. The number of aromatic amines is 1. The molecule has 1 aliphatic rings. The highest BCUT2D eigenvalue weighted by Crippen LogP contribution is 2.18. The lowest BCUT2D eigenvalue weighted by atomic mass is 9.93. The number of aliphatic hydroxyl groups excluding tert-OH is 1. The first-order valence-corrected chi connectivity index (χ1v) is 5.26. The second kappa shape index (κ2) is 4.57. The van der Waals surface area contributed by atoms with Gasteiger partial charge in [-0.05, 0) is 12.8 Å². The molecule has 1 heterocycles. The van der Waals surface area contributed by atoms with E-state index in [0.717, 1.165) is 25.1 Å². The molecule has 1 aromatic heterocycles. The third kappa shape index (κ3) is 2.33. The molecule has 1 aromatic rings. The third-order valence-corrected chi connectivity index (χ3v) is 2.82. The van der Waals surface area contributed by atoms with Gasteiger partial charge in [-0.15, -0.1) is 0 Å². The lowest BCUT2D eigenvalue weighted by molar-refractivity contribution is 0.0899. The van der Waals surface area contributed by atoms with Gasteiger partial charge >= 0.3 is 0 Å². The standard InChI is InChI=1S/C10H17N3O/c14-9-4-2-1-3-8(9)13-7-10-11-5-6-12-10/h5-6,8-9,13-14H,1-4,7H2,(H,11,12). The van der Waals surface area contributed by atoms with Crippen molar-refractivity contribution < 1.29 is 5.11 Å². The SMILES string of the molecule is OC1CCCCC1NCc1ncc[nH]1. The molecule has 3 N–H and O–H groups in total. The Morgan fingerprint density at radius 2 is 2.36 bits per heavy atom. The summed E-state index contributed by atoms with van der Waals surface area (Å²) < 4.78 is 0. The van der Waals surface area contributed by atoms with Gasteiger partial charge in [-0.25, -0.2) is 4.98 Å². The monoisotopic (exact) mass is 195 g/mol. The normalized spacial score (nSPS) is 27.8. The maximum atomic E-state index is 9.70. The average molecular weight is 195 g/mol. The van der Waals surface area contributed by atoms with Crippen molar-refractivity contribution in [3.05, 3.63) is 18.2 Å². The first-order chi connectivity index (χ1) is 6.86. The second-order valence-electron chi connectivity index (χ2n) is 3.88. The van der Waals surface area contributed by atoms with Gasteiger partial charge < -0.3 is 15.4 Å². The van der Waals surface area contributed by atoms with E-state index in [0.29, 0.717) is 6.54 Å². The van der Waals surface area contributed by atoms with E-state index >= 15 is 0 Å². The Morgan fingerprint density at radius 1 is 1.50 bits per heavy atom. The van der Waals surface area contributed by atoms with Crippen molar-refractivity contribution >= 4 is 0 Å². The number of rotatable bonds is 3. The third-order valence-electron chi connectivity index (χ3n) is 2.82. The van der Waals surface area contributed by atoms with Crippen molar-refractivity contribution in [1.82, 2.24) is 15.3 Å². The highest BCUT2D eigenvalue weighted by Gasteiger charge is 2.22.